The Labute approximate surface area is 145 Å². The van der Waals surface area contributed by atoms with Crippen molar-refractivity contribution in [1.82, 2.24) is 5.32 Å². The number of benzene rings is 1. The average molecular weight is 328 g/mol. The van der Waals surface area contributed by atoms with Crippen molar-refractivity contribution in [1.29, 1.82) is 0 Å². The first kappa shape index (κ1) is 18.2. The van der Waals surface area contributed by atoms with Gasteiger partial charge >= 0.3 is 5.97 Å². The minimum absolute atomic E-state index is 0.344. The Kier molecular flexibility index (Phi) is 7.53. The number of hydrogen-bond acceptors (Lipinski definition) is 4. The third kappa shape index (κ3) is 4.95. The predicted molar refractivity (Wildman–Crippen MR) is 97.8 cm³/mol. The quantitative estimate of drug-likeness (QED) is 0.389. The first-order valence-corrected chi connectivity index (χ1v) is 9.10. The molecule has 0 fully saturated rings. The molecular weight excluding hydrogens is 300 g/mol. The van der Waals surface area contributed by atoms with E-state index in [0.717, 1.165) is 49.9 Å². The number of hydrogen-bond donors (Lipinski definition) is 1. The molecule has 4 heteroatoms. The largest absolute Gasteiger partial charge is 0.388 e. The van der Waals surface area contributed by atoms with Crippen LogP contribution >= 0.6 is 0 Å². The number of carbonyl (C=O) groups excluding carboxylic acids is 1. The molecule has 0 spiro atoms. The molecule has 24 heavy (non-hydrogen) atoms. The molecule has 1 aliphatic rings. The smallest absolute Gasteiger partial charge is 0.369 e. The van der Waals surface area contributed by atoms with Crippen LogP contribution in [0.5, 0.6) is 0 Å². The first-order valence-electron chi connectivity index (χ1n) is 9.10. The molecule has 0 saturated carbocycles. The summed E-state index contributed by atoms with van der Waals surface area (Å²) >= 11 is 0. The van der Waals surface area contributed by atoms with Crippen LogP contribution in [0.1, 0.15) is 64.4 Å². The van der Waals surface area contributed by atoms with E-state index in [2.05, 4.69) is 24.3 Å². The van der Waals surface area contributed by atoms with Crippen LogP contribution in [0.25, 0.3) is 0 Å². The number of allylic oxidation sites excluding steroid dienone is 1. The van der Waals surface area contributed by atoms with E-state index in [1.165, 1.54) is 12.8 Å². The molecule has 0 atom stereocenters. The predicted octanol–water partition coefficient (Wildman–Crippen LogP) is 4.56. The third-order valence-corrected chi connectivity index (χ3v) is 4.16. The van der Waals surface area contributed by atoms with E-state index in [1.54, 1.807) is 0 Å². The minimum Gasteiger partial charge on any atom is -0.388 e. The lowest BCUT2D eigenvalue weighted by Gasteiger charge is -2.14. The van der Waals surface area contributed by atoms with Crippen LogP contribution in [-0.2, 0) is 9.63 Å². The Morgan fingerprint density at radius 2 is 1.75 bits per heavy atom. The molecule has 0 saturated heterocycles. The molecule has 0 amide bonds. The van der Waals surface area contributed by atoms with Gasteiger partial charge in [-0.05, 0) is 19.3 Å². The minimum atomic E-state index is -0.344. The van der Waals surface area contributed by atoms with Crippen LogP contribution in [0.2, 0.25) is 0 Å². The van der Waals surface area contributed by atoms with E-state index in [1.807, 2.05) is 30.3 Å². The molecule has 1 aromatic rings. The normalized spacial score (nSPS) is 15.9. The van der Waals surface area contributed by atoms with Gasteiger partial charge in [0.25, 0.3) is 0 Å². The molecule has 0 unspecified atom stereocenters. The second-order valence-electron chi connectivity index (χ2n) is 6.13. The Balaban J connectivity index is 2.22. The van der Waals surface area contributed by atoms with Gasteiger partial charge in [-0.2, -0.15) is 0 Å². The summed E-state index contributed by atoms with van der Waals surface area (Å²) in [5.41, 5.74) is 3.15. The van der Waals surface area contributed by atoms with E-state index in [0.29, 0.717) is 11.3 Å². The van der Waals surface area contributed by atoms with Crippen molar-refractivity contribution in [2.45, 2.75) is 58.8 Å². The molecule has 1 aromatic carbocycles. The van der Waals surface area contributed by atoms with E-state index in [9.17, 15) is 4.79 Å². The van der Waals surface area contributed by atoms with Gasteiger partial charge < -0.3 is 10.2 Å². The molecule has 4 nitrogen and oxygen atoms in total. The van der Waals surface area contributed by atoms with E-state index in [4.69, 9.17) is 4.84 Å². The summed E-state index contributed by atoms with van der Waals surface area (Å²) in [5, 5.41) is 7.51. The Morgan fingerprint density at radius 1 is 1.04 bits per heavy atom. The second kappa shape index (κ2) is 9.91. The van der Waals surface area contributed by atoms with Gasteiger partial charge in [-0.3, -0.25) is 0 Å². The number of nitrogens with zero attached hydrogens (tertiary/aromatic N) is 1. The Morgan fingerprint density at radius 3 is 2.46 bits per heavy atom. The molecule has 1 heterocycles. The van der Waals surface area contributed by atoms with Crippen LogP contribution in [0.4, 0.5) is 0 Å². The highest BCUT2D eigenvalue weighted by molar-refractivity contribution is 6.29. The maximum absolute atomic E-state index is 12.3. The maximum Gasteiger partial charge on any atom is 0.369 e. The van der Waals surface area contributed by atoms with Crippen LogP contribution in [-0.4, -0.2) is 18.2 Å². The molecular formula is C20H28N2O2. The highest BCUT2D eigenvalue weighted by Gasteiger charge is 2.30. The number of rotatable bonds is 10. The van der Waals surface area contributed by atoms with Crippen LogP contribution in [0.15, 0.2) is 46.8 Å². The molecule has 2 rings (SSSR count). The first-order chi connectivity index (χ1) is 11.8. The van der Waals surface area contributed by atoms with Gasteiger partial charge in [-0.25, -0.2) is 4.79 Å². The summed E-state index contributed by atoms with van der Waals surface area (Å²) in [6.45, 7) is 5.26. The third-order valence-electron chi connectivity index (χ3n) is 4.16. The number of carbonyl (C=O) groups is 1. The molecule has 1 aliphatic heterocycles. The molecule has 0 aromatic heterocycles. The molecule has 1 N–H and O–H groups in total. The van der Waals surface area contributed by atoms with Crippen molar-refractivity contribution in [2.24, 2.45) is 5.16 Å². The van der Waals surface area contributed by atoms with Crippen LogP contribution in [0.3, 0.4) is 0 Å². The van der Waals surface area contributed by atoms with Gasteiger partial charge in [0.1, 0.15) is 11.3 Å². The van der Waals surface area contributed by atoms with Gasteiger partial charge in [0.2, 0.25) is 0 Å². The average Bonchev–Trinajstić information content (AvgIpc) is 2.99. The molecule has 0 bridgehead atoms. The summed E-state index contributed by atoms with van der Waals surface area (Å²) in [6, 6.07) is 9.77. The van der Waals surface area contributed by atoms with Crippen molar-refractivity contribution in [2.75, 3.05) is 6.54 Å². The lowest BCUT2D eigenvalue weighted by Crippen LogP contribution is -2.22. The topological polar surface area (TPSA) is 50.7 Å². The van der Waals surface area contributed by atoms with E-state index in [-0.39, 0.29) is 5.97 Å². The van der Waals surface area contributed by atoms with Crippen LogP contribution < -0.4 is 5.32 Å². The zero-order valence-corrected chi connectivity index (χ0v) is 14.8. The molecule has 0 aliphatic carbocycles. The fourth-order valence-corrected chi connectivity index (χ4v) is 2.80. The number of unbranched alkanes of at least 4 members (excludes halogenated alkanes) is 4. The van der Waals surface area contributed by atoms with Crippen molar-refractivity contribution in [3.63, 3.8) is 0 Å². The summed E-state index contributed by atoms with van der Waals surface area (Å²) in [7, 11) is 0. The summed E-state index contributed by atoms with van der Waals surface area (Å²) in [4.78, 5) is 17.3. The van der Waals surface area contributed by atoms with E-state index >= 15 is 0 Å². The zero-order valence-electron chi connectivity index (χ0n) is 14.8. The van der Waals surface area contributed by atoms with Crippen LogP contribution in [0, 0.1) is 0 Å². The highest BCUT2D eigenvalue weighted by Crippen LogP contribution is 2.23. The monoisotopic (exact) mass is 328 g/mol. The van der Waals surface area contributed by atoms with Gasteiger partial charge in [0.05, 0.1) is 0 Å². The summed E-state index contributed by atoms with van der Waals surface area (Å²) in [5.74, 6) is -0.344. The van der Waals surface area contributed by atoms with Crippen molar-refractivity contribution < 1.29 is 9.63 Å². The molecule has 130 valence electrons. The fourth-order valence-electron chi connectivity index (χ4n) is 2.80. The van der Waals surface area contributed by atoms with Crippen molar-refractivity contribution >= 4 is 11.7 Å². The number of nitrogens with one attached hydrogen (secondary N) is 1. The highest BCUT2D eigenvalue weighted by atomic mass is 16.7. The Bertz CT molecular complexity index is 591. The van der Waals surface area contributed by atoms with Crippen molar-refractivity contribution in [3.8, 4) is 0 Å². The standard InChI is InChI=1S/C20H28N2O2/c1-3-5-8-14-17(21-15-11-6-4-2)18-19(22-24-20(18)23)16-12-9-7-10-13-16/h7,9-10,12-13,21H,3-6,8,11,14-15H2,1-2H3. The fraction of sp³-hybridized carbons (Fsp3) is 0.500. The SMILES string of the molecule is CCCCCNC(CCCCC)=C1C(=O)ON=C1c1ccccc1. The maximum atomic E-state index is 12.3. The van der Waals surface area contributed by atoms with E-state index < -0.39 is 0 Å². The van der Waals surface area contributed by atoms with Crippen molar-refractivity contribution in [3.05, 3.63) is 47.2 Å². The lowest BCUT2D eigenvalue weighted by atomic mass is 9.98. The van der Waals surface area contributed by atoms with Gasteiger partial charge in [-0.1, -0.05) is 75.0 Å². The lowest BCUT2D eigenvalue weighted by molar-refractivity contribution is -0.136. The van der Waals surface area contributed by atoms with Gasteiger partial charge in [-0.15, -0.1) is 0 Å². The van der Waals surface area contributed by atoms with Gasteiger partial charge in [0, 0.05) is 17.8 Å². The Hall–Kier alpha value is -2.10. The second-order valence-corrected chi connectivity index (χ2v) is 6.13. The number of oxime groups is 1. The van der Waals surface area contributed by atoms with Gasteiger partial charge in [0.15, 0.2) is 0 Å². The molecule has 0 radical (unpaired) electrons. The summed E-state index contributed by atoms with van der Waals surface area (Å²) < 4.78 is 0. The zero-order chi connectivity index (χ0) is 17.2. The summed E-state index contributed by atoms with van der Waals surface area (Å²) in [6.07, 6.45) is 7.70.